The minimum atomic E-state index is -0.761. The number of hydrogen-bond acceptors (Lipinski definition) is 5. The molecule has 0 spiro atoms. The first-order valence-electron chi connectivity index (χ1n) is 7.15. The number of nitro benzene ring substituents is 1. The van der Waals surface area contributed by atoms with Gasteiger partial charge in [0.15, 0.2) is 5.76 Å². The summed E-state index contributed by atoms with van der Waals surface area (Å²) in [5.41, 5.74) is -0.0689. The fraction of sp³-hybridized carbons (Fsp3) is 0.0588. The molecule has 7 nitrogen and oxygen atoms in total. The Balaban J connectivity index is 1.95. The average molecular weight is 342 g/mol. The minimum Gasteiger partial charge on any atom is -0.417 e. The van der Waals surface area contributed by atoms with Crippen molar-refractivity contribution in [3.63, 3.8) is 0 Å². The Morgan fingerprint density at radius 3 is 2.64 bits per heavy atom. The third-order valence-electron chi connectivity index (χ3n) is 3.62. The summed E-state index contributed by atoms with van der Waals surface area (Å²) in [7, 11) is 0. The van der Waals surface area contributed by atoms with Crippen molar-refractivity contribution in [2.45, 2.75) is 6.92 Å². The molecule has 0 fully saturated rings. The van der Waals surface area contributed by atoms with Gasteiger partial charge in [-0.2, -0.15) is 0 Å². The van der Waals surface area contributed by atoms with E-state index in [1.54, 1.807) is 6.92 Å². The number of nitrogens with zero attached hydrogens (tertiary/aromatic N) is 1. The number of rotatable bonds is 3. The Kier molecular flexibility index (Phi) is 4.02. The van der Waals surface area contributed by atoms with Crippen molar-refractivity contribution in [2.75, 3.05) is 5.32 Å². The van der Waals surface area contributed by atoms with Gasteiger partial charge in [-0.1, -0.05) is 0 Å². The SMILES string of the molecule is Cc1cc([N+](=O)[O-])ccc1NC(=O)c1cc2cc(F)ccc2c(=O)o1. The molecular formula is C17H11FN2O5. The van der Waals surface area contributed by atoms with Crippen molar-refractivity contribution >= 4 is 28.1 Å². The standard InChI is InChI=1S/C17H11FN2O5/c1-9-6-12(20(23)24)3-5-14(9)19-16(21)15-8-10-7-11(18)2-4-13(10)17(22)25-15/h2-8H,1H3,(H,19,21). The van der Waals surface area contributed by atoms with Crippen molar-refractivity contribution in [3.8, 4) is 0 Å². The smallest absolute Gasteiger partial charge is 0.344 e. The van der Waals surface area contributed by atoms with Gasteiger partial charge < -0.3 is 9.73 Å². The number of nitro groups is 1. The van der Waals surface area contributed by atoms with E-state index in [0.29, 0.717) is 11.3 Å². The lowest BCUT2D eigenvalue weighted by atomic mass is 10.1. The Bertz CT molecular complexity index is 1070. The van der Waals surface area contributed by atoms with Crippen LogP contribution in [-0.2, 0) is 0 Å². The molecule has 1 N–H and O–H groups in total. The van der Waals surface area contributed by atoms with Crippen LogP contribution >= 0.6 is 0 Å². The van der Waals surface area contributed by atoms with Gasteiger partial charge in [0, 0.05) is 17.8 Å². The summed E-state index contributed by atoms with van der Waals surface area (Å²) in [4.78, 5) is 34.4. The summed E-state index contributed by atoms with van der Waals surface area (Å²) < 4.78 is 18.3. The number of halogens is 1. The zero-order valence-electron chi connectivity index (χ0n) is 12.9. The van der Waals surface area contributed by atoms with E-state index in [1.165, 1.54) is 30.3 Å². The van der Waals surface area contributed by atoms with Crippen LogP contribution in [0.4, 0.5) is 15.8 Å². The molecule has 0 aliphatic heterocycles. The third-order valence-corrected chi connectivity index (χ3v) is 3.62. The second-order valence-electron chi connectivity index (χ2n) is 5.34. The predicted molar refractivity (Wildman–Crippen MR) is 88.2 cm³/mol. The maximum Gasteiger partial charge on any atom is 0.344 e. The molecule has 126 valence electrons. The van der Waals surface area contributed by atoms with Gasteiger partial charge in [0.25, 0.3) is 11.6 Å². The fourth-order valence-electron chi connectivity index (χ4n) is 2.36. The van der Waals surface area contributed by atoms with E-state index >= 15 is 0 Å². The summed E-state index contributed by atoms with van der Waals surface area (Å²) in [6, 6.07) is 8.72. The molecule has 8 heteroatoms. The molecule has 0 radical (unpaired) electrons. The number of carbonyl (C=O) groups excluding carboxylic acids is 1. The monoisotopic (exact) mass is 342 g/mol. The van der Waals surface area contributed by atoms with Crippen molar-refractivity contribution < 1.29 is 18.5 Å². The second-order valence-corrected chi connectivity index (χ2v) is 5.34. The van der Waals surface area contributed by atoms with Gasteiger partial charge in [-0.3, -0.25) is 14.9 Å². The number of non-ortho nitro benzene ring substituents is 1. The van der Waals surface area contributed by atoms with E-state index in [9.17, 15) is 24.1 Å². The summed E-state index contributed by atoms with van der Waals surface area (Å²) >= 11 is 0. The molecule has 1 amide bonds. The Morgan fingerprint density at radius 2 is 1.96 bits per heavy atom. The molecular weight excluding hydrogens is 331 g/mol. The third kappa shape index (κ3) is 3.23. The number of benzene rings is 2. The molecule has 0 unspecified atom stereocenters. The first-order chi connectivity index (χ1) is 11.8. The molecule has 0 bridgehead atoms. The second kappa shape index (κ2) is 6.16. The van der Waals surface area contributed by atoms with Gasteiger partial charge >= 0.3 is 5.63 Å². The maximum atomic E-state index is 13.3. The van der Waals surface area contributed by atoms with Crippen LogP contribution in [0.25, 0.3) is 10.8 Å². The summed E-state index contributed by atoms with van der Waals surface area (Å²) in [5.74, 6) is -1.56. The first kappa shape index (κ1) is 16.3. The molecule has 0 atom stereocenters. The van der Waals surface area contributed by atoms with Gasteiger partial charge in [-0.15, -0.1) is 0 Å². The lowest BCUT2D eigenvalue weighted by Crippen LogP contribution is -2.15. The molecule has 1 heterocycles. The highest BCUT2D eigenvalue weighted by molar-refractivity contribution is 6.04. The lowest BCUT2D eigenvalue weighted by molar-refractivity contribution is -0.384. The normalized spacial score (nSPS) is 10.6. The quantitative estimate of drug-likeness (QED) is 0.580. The highest BCUT2D eigenvalue weighted by Gasteiger charge is 2.15. The van der Waals surface area contributed by atoms with Crippen molar-refractivity contribution in [1.82, 2.24) is 0 Å². The predicted octanol–water partition coefficient (Wildman–Crippen LogP) is 3.40. The number of hydrogen-bond donors (Lipinski definition) is 1. The zero-order valence-corrected chi connectivity index (χ0v) is 12.9. The zero-order chi connectivity index (χ0) is 18.1. The van der Waals surface area contributed by atoms with Crippen LogP contribution in [0.15, 0.2) is 51.7 Å². The van der Waals surface area contributed by atoms with E-state index in [0.717, 1.165) is 12.1 Å². The van der Waals surface area contributed by atoms with Crippen molar-refractivity contribution in [1.29, 1.82) is 0 Å². The maximum absolute atomic E-state index is 13.3. The van der Waals surface area contributed by atoms with Crippen LogP contribution in [0.2, 0.25) is 0 Å². The molecule has 0 aliphatic rings. The Labute approximate surface area is 139 Å². The first-order valence-corrected chi connectivity index (χ1v) is 7.15. The molecule has 0 aliphatic carbocycles. The summed E-state index contributed by atoms with van der Waals surface area (Å²) in [5, 5.41) is 13.6. The van der Waals surface area contributed by atoms with Crippen LogP contribution in [0.5, 0.6) is 0 Å². The topological polar surface area (TPSA) is 102 Å². The fourth-order valence-corrected chi connectivity index (χ4v) is 2.36. The van der Waals surface area contributed by atoms with Crippen LogP contribution < -0.4 is 10.9 Å². The minimum absolute atomic E-state index is 0.108. The molecule has 3 aromatic rings. The highest BCUT2D eigenvalue weighted by atomic mass is 19.1. The van der Waals surface area contributed by atoms with Gasteiger partial charge in [-0.25, -0.2) is 9.18 Å². The van der Waals surface area contributed by atoms with Gasteiger partial charge in [0.1, 0.15) is 5.82 Å². The Morgan fingerprint density at radius 1 is 1.20 bits per heavy atom. The molecule has 1 aromatic heterocycles. The summed E-state index contributed by atoms with van der Waals surface area (Å²) in [6.45, 7) is 1.59. The van der Waals surface area contributed by atoms with Gasteiger partial charge in [0.2, 0.25) is 0 Å². The summed E-state index contributed by atoms with van der Waals surface area (Å²) in [6.07, 6.45) is 0. The van der Waals surface area contributed by atoms with Crippen LogP contribution in [0.3, 0.4) is 0 Å². The highest BCUT2D eigenvalue weighted by Crippen LogP contribution is 2.22. The number of fused-ring (bicyclic) bond motifs is 1. The average Bonchev–Trinajstić information content (AvgIpc) is 2.55. The number of anilines is 1. The van der Waals surface area contributed by atoms with Gasteiger partial charge in [0.05, 0.1) is 10.3 Å². The molecule has 25 heavy (non-hydrogen) atoms. The number of amides is 1. The van der Waals surface area contributed by atoms with E-state index < -0.39 is 22.3 Å². The largest absolute Gasteiger partial charge is 0.417 e. The number of carbonyl (C=O) groups is 1. The lowest BCUT2D eigenvalue weighted by Gasteiger charge is -2.08. The number of nitrogens with one attached hydrogen (secondary N) is 1. The Hall–Kier alpha value is -3.55. The van der Waals surface area contributed by atoms with Crippen molar-refractivity contribution in [2.24, 2.45) is 0 Å². The molecule has 2 aromatic carbocycles. The van der Waals surface area contributed by atoms with E-state index in [4.69, 9.17) is 4.42 Å². The van der Waals surface area contributed by atoms with Crippen LogP contribution in [0, 0.1) is 22.9 Å². The molecule has 0 saturated heterocycles. The van der Waals surface area contributed by atoms with Gasteiger partial charge in [-0.05, 0) is 48.2 Å². The van der Waals surface area contributed by atoms with E-state index in [1.807, 2.05) is 0 Å². The van der Waals surface area contributed by atoms with Crippen molar-refractivity contribution in [3.05, 3.63) is 80.1 Å². The molecule has 0 saturated carbocycles. The number of aryl methyl sites for hydroxylation is 1. The van der Waals surface area contributed by atoms with Crippen LogP contribution in [-0.4, -0.2) is 10.8 Å². The van der Waals surface area contributed by atoms with E-state index in [2.05, 4.69) is 5.32 Å². The van der Waals surface area contributed by atoms with Crippen LogP contribution in [0.1, 0.15) is 16.1 Å². The molecule has 3 rings (SSSR count). The van der Waals surface area contributed by atoms with E-state index in [-0.39, 0.29) is 22.2 Å².